The fourth-order valence-corrected chi connectivity index (χ4v) is 2.22. The van der Waals surface area contributed by atoms with Crippen molar-refractivity contribution < 1.29 is 4.79 Å². The summed E-state index contributed by atoms with van der Waals surface area (Å²) in [6, 6.07) is 13.5. The van der Waals surface area contributed by atoms with Gasteiger partial charge in [0.05, 0.1) is 0 Å². The van der Waals surface area contributed by atoms with Gasteiger partial charge in [0, 0.05) is 22.7 Å². The van der Waals surface area contributed by atoms with Crippen LogP contribution >= 0.6 is 11.6 Å². The van der Waals surface area contributed by atoms with Gasteiger partial charge in [0.1, 0.15) is 6.29 Å². The summed E-state index contributed by atoms with van der Waals surface area (Å²) in [5.74, 6) is 0. The average Bonchev–Trinajstić information content (AvgIpc) is 2.40. The zero-order valence-corrected chi connectivity index (χ0v) is 11.8. The van der Waals surface area contributed by atoms with Gasteiger partial charge in [-0.2, -0.15) is 0 Å². The van der Waals surface area contributed by atoms with Crippen LogP contribution in [0.5, 0.6) is 0 Å². The predicted molar refractivity (Wildman–Crippen MR) is 79.7 cm³/mol. The summed E-state index contributed by atoms with van der Waals surface area (Å²) in [6.07, 6.45) is 0.834. The molecule has 0 aliphatic carbocycles. The van der Waals surface area contributed by atoms with Crippen molar-refractivity contribution in [3.8, 4) is 11.1 Å². The number of hydrogen-bond acceptors (Lipinski definition) is 2. The highest BCUT2D eigenvalue weighted by Crippen LogP contribution is 2.28. The zero-order valence-electron chi connectivity index (χ0n) is 11.1. The van der Waals surface area contributed by atoms with Crippen molar-refractivity contribution in [1.82, 2.24) is 4.90 Å². The third kappa shape index (κ3) is 3.43. The van der Waals surface area contributed by atoms with Gasteiger partial charge in [-0.05, 0) is 37.4 Å². The molecule has 0 radical (unpaired) electrons. The molecule has 2 rings (SSSR count). The molecule has 0 amide bonds. The van der Waals surface area contributed by atoms with Crippen molar-refractivity contribution >= 4 is 17.9 Å². The zero-order chi connectivity index (χ0) is 13.8. The van der Waals surface area contributed by atoms with Crippen LogP contribution in [0, 0.1) is 0 Å². The molecule has 0 aliphatic heterocycles. The van der Waals surface area contributed by atoms with E-state index in [0.717, 1.165) is 24.0 Å². The monoisotopic (exact) mass is 273 g/mol. The molecule has 19 heavy (non-hydrogen) atoms. The molecular formula is C16H16ClNO. The van der Waals surface area contributed by atoms with Gasteiger partial charge in [-0.1, -0.05) is 41.9 Å². The maximum atomic E-state index is 10.8. The highest BCUT2D eigenvalue weighted by molar-refractivity contribution is 6.33. The summed E-state index contributed by atoms with van der Waals surface area (Å²) in [4.78, 5) is 12.9. The largest absolute Gasteiger partial charge is 0.305 e. The fraction of sp³-hybridized carbons (Fsp3) is 0.188. The molecule has 3 heteroatoms. The summed E-state index contributed by atoms with van der Waals surface area (Å²) in [5.41, 5.74) is 3.80. The SMILES string of the molecule is CN(C)Cc1ccc(-c2cc(C=O)ccc2Cl)cc1. The van der Waals surface area contributed by atoms with Crippen molar-refractivity contribution in [3.63, 3.8) is 0 Å². The Hall–Kier alpha value is -1.64. The summed E-state index contributed by atoms with van der Waals surface area (Å²) >= 11 is 6.19. The van der Waals surface area contributed by atoms with E-state index in [1.807, 2.05) is 32.3 Å². The number of hydrogen-bond donors (Lipinski definition) is 0. The Bertz CT molecular complexity index is 576. The van der Waals surface area contributed by atoms with E-state index in [0.29, 0.717) is 10.6 Å². The molecule has 2 nitrogen and oxygen atoms in total. The lowest BCUT2D eigenvalue weighted by Gasteiger charge is -2.11. The fourth-order valence-electron chi connectivity index (χ4n) is 1.99. The standard InChI is InChI=1S/C16H16ClNO/c1-18(2)10-12-3-6-14(7-4-12)15-9-13(11-19)5-8-16(15)17/h3-9,11H,10H2,1-2H3. The predicted octanol–water partition coefficient (Wildman–Crippen LogP) is 3.88. The first-order valence-electron chi connectivity index (χ1n) is 6.09. The molecule has 0 atom stereocenters. The maximum absolute atomic E-state index is 10.8. The molecule has 2 aromatic carbocycles. The van der Waals surface area contributed by atoms with Crippen LogP contribution in [0.2, 0.25) is 5.02 Å². The maximum Gasteiger partial charge on any atom is 0.150 e. The van der Waals surface area contributed by atoms with Gasteiger partial charge in [-0.3, -0.25) is 4.79 Å². The molecule has 0 bridgehead atoms. The molecule has 0 spiro atoms. The van der Waals surface area contributed by atoms with Crippen LogP contribution in [0.25, 0.3) is 11.1 Å². The Labute approximate surface area is 118 Å². The molecule has 2 aromatic rings. The molecular weight excluding hydrogens is 258 g/mol. The third-order valence-corrected chi connectivity index (χ3v) is 3.22. The first-order valence-corrected chi connectivity index (χ1v) is 6.46. The number of benzene rings is 2. The van der Waals surface area contributed by atoms with E-state index >= 15 is 0 Å². The molecule has 0 saturated heterocycles. The minimum atomic E-state index is 0.636. The van der Waals surface area contributed by atoms with E-state index in [2.05, 4.69) is 17.0 Å². The first kappa shape index (κ1) is 13.8. The number of rotatable bonds is 4. The van der Waals surface area contributed by atoms with Crippen molar-refractivity contribution in [3.05, 3.63) is 58.6 Å². The van der Waals surface area contributed by atoms with E-state index < -0.39 is 0 Å². The summed E-state index contributed by atoms with van der Waals surface area (Å²) in [5, 5.41) is 0.658. The van der Waals surface area contributed by atoms with Crippen LogP contribution in [0.1, 0.15) is 15.9 Å². The lowest BCUT2D eigenvalue weighted by atomic mass is 10.0. The number of halogens is 1. The Kier molecular flexibility index (Phi) is 4.35. The highest BCUT2D eigenvalue weighted by Gasteiger charge is 2.05. The Morgan fingerprint density at radius 3 is 2.37 bits per heavy atom. The number of nitrogens with zero attached hydrogens (tertiary/aromatic N) is 1. The molecule has 0 aliphatic rings. The second-order valence-corrected chi connectivity index (χ2v) is 5.20. The first-order chi connectivity index (χ1) is 9.10. The van der Waals surface area contributed by atoms with Gasteiger partial charge in [0.2, 0.25) is 0 Å². The quantitative estimate of drug-likeness (QED) is 0.788. The van der Waals surface area contributed by atoms with Crippen LogP contribution < -0.4 is 0 Å². The van der Waals surface area contributed by atoms with E-state index in [4.69, 9.17) is 11.6 Å². The molecule has 0 heterocycles. The number of carbonyl (C=O) groups is 1. The molecule has 98 valence electrons. The lowest BCUT2D eigenvalue weighted by molar-refractivity contribution is 0.112. The summed E-state index contributed by atoms with van der Waals surface area (Å²) in [7, 11) is 4.08. The van der Waals surface area contributed by atoms with Gasteiger partial charge in [0.15, 0.2) is 0 Å². The van der Waals surface area contributed by atoms with Gasteiger partial charge in [0.25, 0.3) is 0 Å². The molecule has 0 aromatic heterocycles. The van der Waals surface area contributed by atoms with Crippen LogP contribution in [0.4, 0.5) is 0 Å². The lowest BCUT2D eigenvalue weighted by Crippen LogP contribution is -2.10. The second-order valence-electron chi connectivity index (χ2n) is 4.79. The van der Waals surface area contributed by atoms with Crippen LogP contribution in [-0.4, -0.2) is 25.3 Å². The third-order valence-electron chi connectivity index (χ3n) is 2.89. The Balaban J connectivity index is 2.34. The Morgan fingerprint density at radius 1 is 1.11 bits per heavy atom. The van der Waals surface area contributed by atoms with Crippen molar-refractivity contribution in [2.45, 2.75) is 6.54 Å². The molecule has 0 saturated carbocycles. The van der Waals surface area contributed by atoms with Gasteiger partial charge >= 0.3 is 0 Å². The van der Waals surface area contributed by atoms with Crippen LogP contribution in [0.3, 0.4) is 0 Å². The highest BCUT2D eigenvalue weighted by atomic mass is 35.5. The molecule has 0 N–H and O–H groups in total. The van der Waals surface area contributed by atoms with Gasteiger partial charge in [-0.15, -0.1) is 0 Å². The Morgan fingerprint density at radius 2 is 1.79 bits per heavy atom. The van der Waals surface area contributed by atoms with Crippen LogP contribution in [-0.2, 0) is 6.54 Å². The number of aldehydes is 1. The van der Waals surface area contributed by atoms with E-state index in [1.165, 1.54) is 5.56 Å². The van der Waals surface area contributed by atoms with E-state index in [-0.39, 0.29) is 0 Å². The molecule has 0 fully saturated rings. The van der Waals surface area contributed by atoms with E-state index in [9.17, 15) is 4.79 Å². The topological polar surface area (TPSA) is 20.3 Å². The van der Waals surface area contributed by atoms with Gasteiger partial charge in [-0.25, -0.2) is 0 Å². The number of carbonyl (C=O) groups excluding carboxylic acids is 1. The molecule has 0 unspecified atom stereocenters. The van der Waals surface area contributed by atoms with Crippen molar-refractivity contribution in [1.29, 1.82) is 0 Å². The van der Waals surface area contributed by atoms with Gasteiger partial charge < -0.3 is 4.90 Å². The summed E-state index contributed by atoms with van der Waals surface area (Å²) < 4.78 is 0. The minimum Gasteiger partial charge on any atom is -0.305 e. The van der Waals surface area contributed by atoms with E-state index in [1.54, 1.807) is 12.1 Å². The second kappa shape index (κ2) is 6.00. The van der Waals surface area contributed by atoms with Crippen molar-refractivity contribution in [2.75, 3.05) is 14.1 Å². The normalized spacial score (nSPS) is 10.7. The van der Waals surface area contributed by atoms with Crippen molar-refractivity contribution in [2.24, 2.45) is 0 Å². The smallest absolute Gasteiger partial charge is 0.150 e. The van der Waals surface area contributed by atoms with Crippen LogP contribution in [0.15, 0.2) is 42.5 Å². The average molecular weight is 274 g/mol. The summed E-state index contributed by atoms with van der Waals surface area (Å²) in [6.45, 7) is 0.905. The minimum absolute atomic E-state index is 0.636.